The number of alkyl halides is 3. The van der Waals surface area contributed by atoms with Gasteiger partial charge in [0.05, 0.1) is 11.8 Å². The Kier molecular flexibility index (Phi) is 3.06. The molecule has 0 bridgehead atoms. The van der Waals surface area contributed by atoms with Crippen molar-refractivity contribution in [3.05, 3.63) is 47.2 Å². The number of furan rings is 1. The Morgan fingerprint density at radius 2 is 2.14 bits per heavy atom. The summed E-state index contributed by atoms with van der Waals surface area (Å²) in [6.07, 6.45) is -2.88. The van der Waals surface area contributed by atoms with Gasteiger partial charge in [-0.2, -0.15) is 13.2 Å². The van der Waals surface area contributed by atoms with Gasteiger partial charge in [0.15, 0.2) is 0 Å². The SMILES string of the molecule is FC(F)(F)c1cc(-c2ccco2)cc2c1CN1CCNC[C@@H]21. The zero-order valence-corrected chi connectivity index (χ0v) is 11.8. The quantitative estimate of drug-likeness (QED) is 0.875. The number of benzene rings is 1. The first-order valence-corrected chi connectivity index (χ1v) is 7.27. The van der Waals surface area contributed by atoms with Gasteiger partial charge in [-0.05, 0) is 35.4 Å². The Morgan fingerprint density at radius 3 is 2.86 bits per heavy atom. The molecule has 2 aliphatic rings. The van der Waals surface area contributed by atoms with Crippen molar-refractivity contribution in [1.29, 1.82) is 0 Å². The molecule has 22 heavy (non-hydrogen) atoms. The third kappa shape index (κ3) is 2.14. The van der Waals surface area contributed by atoms with Gasteiger partial charge in [0.25, 0.3) is 0 Å². The van der Waals surface area contributed by atoms with Crippen molar-refractivity contribution < 1.29 is 17.6 Å². The van der Waals surface area contributed by atoms with E-state index in [0.29, 0.717) is 30.0 Å². The first-order chi connectivity index (χ1) is 10.5. The smallest absolute Gasteiger partial charge is 0.416 e. The molecule has 0 radical (unpaired) electrons. The molecule has 3 heterocycles. The molecule has 3 nitrogen and oxygen atoms in total. The summed E-state index contributed by atoms with van der Waals surface area (Å²) >= 11 is 0. The summed E-state index contributed by atoms with van der Waals surface area (Å²) in [4.78, 5) is 2.11. The zero-order chi connectivity index (χ0) is 15.3. The second kappa shape index (κ2) is 4.86. The van der Waals surface area contributed by atoms with Crippen LogP contribution in [0.4, 0.5) is 13.2 Å². The highest BCUT2D eigenvalue weighted by Crippen LogP contribution is 2.44. The fourth-order valence-corrected chi connectivity index (χ4v) is 3.45. The predicted octanol–water partition coefficient (Wildman–Crippen LogP) is 3.43. The normalized spacial score (nSPS) is 21.7. The van der Waals surface area contributed by atoms with E-state index in [9.17, 15) is 13.2 Å². The number of nitrogens with zero attached hydrogens (tertiary/aromatic N) is 1. The van der Waals surface area contributed by atoms with Crippen LogP contribution in [0.15, 0.2) is 34.9 Å². The standard InChI is InChI=1S/C16H15F3N2O/c17-16(18,19)13-7-10(15-2-1-5-22-15)6-11-12(13)9-21-4-3-20-8-14(11)21/h1-2,5-7,14,20H,3-4,8-9H2/t14-/m0/s1. The van der Waals surface area contributed by atoms with E-state index in [1.807, 2.05) is 6.07 Å². The Morgan fingerprint density at radius 1 is 1.27 bits per heavy atom. The third-order valence-corrected chi connectivity index (χ3v) is 4.47. The van der Waals surface area contributed by atoms with Gasteiger partial charge in [-0.3, -0.25) is 4.90 Å². The lowest BCUT2D eigenvalue weighted by Crippen LogP contribution is -2.42. The molecule has 1 N–H and O–H groups in total. The number of fused-ring (bicyclic) bond motifs is 3. The molecule has 1 aromatic carbocycles. The molecular weight excluding hydrogens is 293 g/mol. The van der Waals surface area contributed by atoms with Gasteiger partial charge < -0.3 is 9.73 Å². The molecule has 1 atom stereocenters. The number of hydrogen-bond donors (Lipinski definition) is 1. The van der Waals surface area contributed by atoms with E-state index >= 15 is 0 Å². The van der Waals surface area contributed by atoms with Crippen molar-refractivity contribution in [2.75, 3.05) is 19.6 Å². The lowest BCUT2D eigenvalue weighted by atomic mass is 9.95. The van der Waals surface area contributed by atoms with E-state index in [2.05, 4.69) is 10.2 Å². The highest BCUT2D eigenvalue weighted by molar-refractivity contribution is 5.63. The second-order valence-corrected chi connectivity index (χ2v) is 5.76. The molecule has 116 valence electrons. The Hall–Kier alpha value is -1.79. The van der Waals surface area contributed by atoms with Gasteiger partial charge in [0.2, 0.25) is 0 Å². The molecule has 0 amide bonds. The minimum atomic E-state index is -4.35. The Labute approximate surface area is 125 Å². The molecule has 2 aromatic rings. The van der Waals surface area contributed by atoms with Crippen LogP contribution in [0.3, 0.4) is 0 Å². The minimum absolute atomic E-state index is 0.0137. The van der Waals surface area contributed by atoms with Crippen LogP contribution in [-0.2, 0) is 12.7 Å². The molecule has 6 heteroatoms. The van der Waals surface area contributed by atoms with Crippen molar-refractivity contribution in [2.24, 2.45) is 0 Å². The zero-order valence-electron chi connectivity index (χ0n) is 11.8. The fraction of sp³-hybridized carbons (Fsp3) is 0.375. The maximum Gasteiger partial charge on any atom is 0.416 e. The molecule has 0 unspecified atom stereocenters. The van der Waals surface area contributed by atoms with Crippen LogP contribution in [0.1, 0.15) is 22.7 Å². The second-order valence-electron chi connectivity index (χ2n) is 5.76. The summed E-state index contributed by atoms with van der Waals surface area (Å²) in [6, 6.07) is 6.45. The van der Waals surface area contributed by atoms with E-state index in [-0.39, 0.29) is 6.04 Å². The number of nitrogens with one attached hydrogen (secondary N) is 1. The maximum atomic E-state index is 13.5. The highest BCUT2D eigenvalue weighted by atomic mass is 19.4. The largest absolute Gasteiger partial charge is 0.464 e. The number of halogens is 3. The topological polar surface area (TPSA) is 28.4 Å². The summed E-state index contributed by atoms with van der Waals surface area (Å²) in [5, 5.41) is 3.26. The first kappa shape index (κ1) is 13.8. The average Bonchev–Trinajstić information content (AvgIpc) is 3.12. The van der Waals surface area contributed by atoms with Crippen molar-refractivity contribution in [1.82, 2.24) is 10.2 Å². The summed E-state index contributed by atoms with van der Waals surface area (Å²) in [6.45, 7) is 2.64. The van der Waals surface area contributed by atoms with Crippen LogP contribution in [0.25, 0.3) is 11.3 Å². The molecule has 1 fully saturated rings. The van der Waals surface area contributed by atoms with Gasteiger partial charge in [-0.15, -0.1) is 0 Å². The Bertz CT molecular complexity index is 694. The molecular formula is C16H15F3N2O. The summed E-state index contributed by atoms with van der Waals surface area (Å²) in [5.74, 6) is 0.468. The van der Waals surface area contributed by atoms with E-state index in [1.54, 1.807) is 12.1 Å². The Balaban J connectivity index is 1.89. The molecule has 4 rings (SSSR count). The van der Waals surface area contributed by atoms with E-state index in [0.717, 1.165) is 18.7 Å². The molecule has 1 aromatic heterocycles. The van der Waals surface area contributed by atoms with Crippen LogP contribution >= 0.6 is 0 Å². The molecule has 0 aliphatic carbocycles. The molecule has 0 spiro atoms. The fourth-order valence-electron chi connectivity index (χ4n) is 3.45. The lowest BCUT2D eigenvalue weighted by Gasteiger charge is -2.30. The monoisotopic (exact) mass is 308 g/mol. The van der Waals surface area contributed by atoms with Crippen LogP contribution in [0, 0.1) is 0 Å². The van der Waals surface area contributed by atoms with Crippen molar-refractivity contribution in [3.8, 4) is 11.3 Å². The van der Waals surface area contributed by atoms with Gasteiger partial charge in [0.1, 0.15) is 5.76 Å². The lowest BCUT2D eigenvalue weighted by molar-refractivity contribution is -0.138. The van der Waals surface area contributed by atoms with E-state index in [1.165, 1.54) is 12.3 Å². The highest BCUT2D eigenvalue weighted by Gasteiger charge is 2.41. The number of rotatable bonds is 1. The summed E-state index contributed by atoms with van der Waals surface area (Å²) < 4.78 is 45.7. The number of hydrogen-bond acceptors (Lipinski definition) is 3. The van der Waals surface area contributed by atoms with E-state index in [4.69, 9.17) is 4.42 Å². The van der Waals surface area contributed by atoms with Gasteiger partial charge in [-0.25, -0.2) is 0 Å². The van der Waals surface area contributed by atoms with Crippen LogP contribution in [-0.4, -0.2) is 24.5 Å². The van der Waals surface area contributed by atoms with Crippen molar-refractivity contribution in [3.63, 3.8) is 0 Å². The van der Waals surface area contributed by atoms with Crippen molar-refractivity contribution >= 4 is 0 Å². The average molecular weight is 308 g/mol. The minimum Gasteiger partial charge on any atom is -0.464 e. The number of piperazine rings is 1. The van der Waals surface area contributed by atoms with Crippen LogP contribution in [0.5, 0.6) is 0 Å². The molecule has 1 saturated heterocycles. The first-order valence-electron chi connectivity index (χ1n) is 7.27. The van der Waals surface area contributed by atoms with E-state index < -0.39 is 11.7 Å². The van der Waals surface area contributed by atoms with Gasteiger partial charge >= 0.3 is 6.18 Å². The van der Waals surface area contributed by atoms with Crippen molar-refractivity contribution in [2.45, 2.75) is 18.8 Å². The van der Waals surface area contributed by atoms with Gasteiger partial charge in [-0.1, -0.05) is 0 Å². The molecule has 0 saturated carbocycles. The maximum absolute atomic E-state index is 13.5. The van der Waals surface area contributed by atoms with Crippen LogP contribution in [0.2, 0.25) is 0 Å². The summed E-state index contributed by atoms with van der Waals surface area (Å²) in [5.41, 5.74) is 1.14. The summed E-state index contributed by atoms with van der Waals surface area (Å²) in [7, 11) is 0. The van der Waals surface area contributed by atoms with Crippen LogP contribution < -0.4 is 5.32 Å². The molecule has 2 aliphatic heterocycles. The van der Waals surface area contributed by atoms with Gasteiger partial charge in [0, 0.05) is 37.8 Å². The third-order valence-electron chi connectivity index (χ3n) is 4.47. The predicted molar refractivity (Wildman–Crippen MR) is 75.2 cm³/mol.